The molecule has 0 heterocycles. The Morgan fingerprint density at radius 1 is 0.667 bits per heavy atom. The average Bonchev–Trinajstić information content (AvgIpc) is 2.20. The fraction of sp³-hybridized carbons (Fsp3) is 0. The van der Waals surface area contributed by atoms with E-state index in [1.54, 1.807) is 0 Å². The van der Waals surface area contributed by atoms with Crippen LogP contribution in [0.15, 0.2) is 54.6 Å². The fourth-order valence-corrected chi connectivity index (χ4v) is 1.38. The van der Waals surface area contributed by atoms with Crippen molar-refractivity contribution in [3.05, 3.63) is 54.6 Å². The van der Waals surface area contributed by atoms with Gasteiger partial charge in [0.1, 0.15) is 7.85 Å². The van der Waals surface area contributed by atoms with E-state index in [2.05, 4.69) is 12.1 Å². The second-order valence-electron chi connectivity index (χ2n) is 2.95. The van der Waals surface area contributed by atoms with Gasteiger partial charge in [0.15, 0.2) is 0 Å². The lowest BCUT2D eigenvalue weighted by Gasteiger charge is -2.04. The molecule has 0 amide bonds. The first-order valence-corrected chi connectivity index (χ1v) is 4.28. The average molecular weight is 200 g/mol. The van der Waals surface area contributed by atoms with E-state index in [4.69, 9.17) is 7.85 Å². The molecule has 0 aliphatic carbocycles. The van der Waals surface area contributed by atoms with Crippen molar-refractivity contribution < 1.29 is 11.0 Å². The largest absolute Gasteiger partial charge is 0.412 e. The molecule has 3 heteroatoms. The Kier molecular flexibility index (Phi) is 5.38. The quantitative estimate of drug-likeness (QED) is 0.601. The van der Waals surface area contributed by atoms with E-state index in [9.17, 15) is 0 Å². The minimum absolute atomic E-state index is 0. The van der Waals surface area contributed by atoms with Gasteiger partial charge >= 0.3 is 0 Å². The Labute approximate surface area is 90.6 Å². The van der Waals surface area contributed by atoms with Crippen molar-refractivity contribution in [3.8, 4) is 11.1 Å². The van der Waals surface area contributed by atoms with Gasteiger partial charge in [-0.25, -0.2) is 0 Å². The third-order valence-corrected chi connectivity index (χ3v) is 2.05. The lowest BCUT2D eigenvalue weighted by atomic mass is 9.87. The summed E-state index contributed by atoms with van der Waals surface area (Å²) in [6.45, 7) is 0. The van der Waals surface area contributed by atoms with E-state index in [0.717, 1.165) is 11.0 Å². The predicted octanol–water partition coefficient (Wildman–Crippen LogP) is 0.498. The molecule has 4 N–H and O–H groups in total. The van der Waals surface area contributed by atoms with Gasteiger partial charge in [-0.15, -0.1) is 0 Å². The summed E-state index contributed by atoms with van der Waals surface area (Å²) < 4.78 is 0. The molecule has 0 aromatic heterocycles. The smallest absolute Gasteiger partial charge is 0.114 e. The van der Waals surface area contributed by atoms with Crippen LogP contribution in [0, 0.1) is 0 Å². The molecule has 0 saturated carbocycles. The highest BCUT2D eigenvalue weighted by Crippen LogP contribution is 2.15. The van der Waals surface area contributed by atoms with Gasteiger partial charge in [-0.3, -0.25) is 0 Å². The lowest BCUT2D eigenvalue weighted by Crippen LogP contribution is -2.04. The summed E-state index contributed by atoms with van der Waals surface area (Å²) in [7, 11) is 5.85. The maximum Gasteiger partial charge on any atom is 0.114 e. The monoisotopic (exact) mass is 200 g/mol. The van der Waals surface area contributed by atoms with E-state index < -0.39 is 0 Å². The van der Waals surface area contributed by atoms with Gasteiger partial charge in [0.05, 0.1) is 0 Å². The Bertz CT molecular complexity index is 401. The molecular formula is C12H13BO2. The molecule has 2 aromatic carbocycles. The highest BCUT2D eigenvalue weighted by molar-refractivity contribution is 6.35. The summed E-state index contributed by atoms with van der Waals surface area (Å²) in [6.07, 6.45) is 0. The molecule has 2 aromatic rings. The zero-order chi connectivity index (χ0) is 9.10. The van der Waals surface area contributed by atoms with Gasteiger partial charge in [0, 0.05) is 0 Å². The summed E-state index contributed by atoms with van der Waals surface area (Å²) >= 11 is 0. The Morgan fingerprint density at radius 2 is 1.20 bits per heavy atom. The Hall–Kier alpha value is -1.58. The van der Waals surface area contributed by atoms with Gasteiger partial charge in [0.2, 0.25) is 0 Å². The molecular weight excluding hydrogens is 187 g/mol. The molecule has 2 rings (SSSR count). The Balaban J connectivity index is 0.000000980. The lowest BCUT2D eigenvalue weighted by molar-refractivity contribution is 0.823. The zero-order valence-corrected chi connectivity index (χ0v) is 8.27. The molecule has 76 valence electrons. The highest BCUT2D eigenvalue weighted by Gasteiger charge is 1.97. The summed E-state index contributed by atoms with van der Waals surface area (Å²) in [5.74, 6) is 0. The minimum Gasteiger partial charge on any atom is -0.412 e. The van der Waals surface area contributed by atoms with Crippen LogP contribution < -0.4 is 5.46 Å². The van der Waals surface area contributed by atoms with Crippen LogP contribution in [0.3, 0.4) is 0 Å². The molecule has 15 heavy (non-hydrogen) atoms. The molecule has 0 fully saturated rings. The van der Waals surface area contributed by atoms with Crippen LogP contribution in [0.4, 0.5) is 0 Å². The molecule has 2 nitrogen and oxygen atoms in total. The van der Waals surface area contributed by atoms with Gasteiger partial charge < -0.3 is 11.0 Å². The number of rotatable bonds is 1. The van der Waals surface area contributed by atoms with Crippen molar-refractivity contribution >= 4 is 13.3 Å². The molecule has 0 unspecified atom stereocenters. The number of hydrogen-bond acceptors (Lipinski definition) is 0. The third kappa shape index (κ3) is 2.94. The molecule has 0 atom stereocenters. The van der Waals surface area contributed by atoms with Crippen LogP contribution in [0.2, 0.25) is 0 Å². The van der Waals surface area contributed by atoms with Crippen LogP contribution in [0.1, 0.15) is 0 Å². The molecule has 0 saturated heterocycles. The van der Waals surface area contributed by atoms with E-state index >= 15 is 0 Å². The van der Waals surface area contributed by atoms with Crippen molar-refractivity contribution in [2.24, 2.45) is 0 Å². The fourth-order valence-electron chi connectivity index (χ4n) is 1.38. The van der Waals surface area contributed by atoms with E-state index in [0.29, 0.717) is 0 Å². The maximum atomic E-state index is 5.85. The normalized spacial score (nSPS) is 8.53. The third-order valence-electron chi connectivity index (χ3n) is 2.05. The minimum atomic E-state index is 0. The summed E-state index contributed by atoms with van der Waals surface area (Å²) in [4.78, 5) is 0. The second-order valence-corrected chi connectivity index (χ2v) is 2.95. The number of benzene rings is 2. The summed E-state index contributed by atoms with van der Waals surface area (Å²) in [5, 5.41) is 0. The van der Waals surface area contributed by atoms with Crippen LogP contribution >= 0.6 is 0 Å². The van der Waals surface area contributed by atoms with Crippen molar-refractivity contribution in [3.63, 3.8) is 0 Å². The SMILES string of the molecule is O.O.[B]c1ccccc1-c1ccccc1. The predicted molar refractivity (Wildman–Crippen MR) is 64.5 cm³/mol. The number of hydrogen-bond donors (Lipinski definition) is 0. The van der Waals surface area contributed by atoms with Crippen LogP contribution in [0.5, 0.6) is 0 Å². The molecule has 0 spiro atoms. The van der Waals surface area contributed by atoms with Gasteiger partial charge in [-0.2, -0.15) is 0 Å². The topological polar surface area (TPSA) is 63.0 Å². The van der Waals surface area contributed by atoms with Crippen LogP contribution in [0.25, 0.3) is 11.1 Å². The van der Waals surface area contributed by atoms with Crippen molar-refractivity contribution in [1.82, 2.24) is 0 Å². The van der Waals surface area contributed by atoms with E-state index in [-0.39, 0.29) is 11.0 Å². The van der Waals surface area contributed by atoms with Crippen molar-refractivity contribution in [2.45, 2.75) is 0 Å². The molecule has 0 aliphatic heterocycles. The van der Waals surface area contributed by atoms with E-state index in [1.807, 2.05) is 42.5 Å². The summed E-state index contributed by atoms with van der Waals surface area (Å²) in [6, 6.07) is 18.1. The van der Waals surface area contributed by atoms with Gasteiger partial charge in [-0.1, -0.05) is 60.1 Å². The van der Waals surface area contributed by atoms with Crippen molar-refractivity contribution in [2.75, 3.05) is 0 Å². The van der Waals surface area contributed by atoms with Gasteiger partial charge in [-0.05, 0) is 11.1 Å². The first-order valence-electron chi connectivity index (χ1n) is 4.28. The molecule has 2 radical (unpaired) electrons. The molecule has 0 aliphatic rings. The maximum absolute atomic E-state index is 5.85. The first-order chi connectivity index (χ1) is 6.38. The standard InChI is InChI=1S/C12H9B.2H2O/c13-12-9-5-4-8-11(12)10-6-2-1-3-7-10;;/h1-9H;2*1H2. The zero-order valence-electron chi connectivity index (χ0n) is 8.27. The summed E-state index contributed by atoms with van der Waals surface area (Å²) in [5.41, 5.74) is 3.09. The van der Waals surface area contributed by atoms with Gasteiger partial charge in [0.25, 0.3) is 0 Å². The van der Waals surface area contributed by atoms with Crippen LogP contribution in [-0.2, 0) is 0 Å². The Morgan fingerprint density at radius 3 is 1.80 bits per heavy atom. The van der Waals surface area contributed by atoms with Crippen LogP contribution in [-0.4, -0.2) is 18.8 Å². The van der Waals surface area contributed by atoms with E-state index in [1.165, 1.54) is 5.56 Å². The first kappa shape index (κ1) is 13.4. The highest BCUT2D eigenvalue weighted by atomic mass is 16.0. The van der Waals surface area contributed by atoms with Crippen molar-refractivity contribution in [1.29, 1.82) is 0 Å². The molecule has 0 bridgehead atoms. The second kappa shape index (κ2) is 6.01.